The maximum atomic E-state index is 9.84. The minimum Gasteiger partial charge on any atom is -0.733 e. The molecule has 0 aromatic rings. The molecule has 0 rings (SSSR count). The minimum atomic E-state index is -1.00. The van der Waals surface area contributed by atoms with E-state index < -0.39 is 10.3 Å². The summed E-state index contributed by atoms with van der Waals surface area (Å²) in [6.45, 7) is 3.26. The summed E-state index contributed by atoms with van der Waals surface area (Å²) in [5.41, 5.74) is 0. The first-order chi connectivity index (χ1) is 4.36. The monoisotopic (exact) mass is 152 g/mol. The molecule has 0 radical (unpaired) electrons. The van der Waals surface area contributed by atoms with Crippen molar-refractivity contribution in [2.45, 2.75) is 19.9 Å². The van der Waals surface area contributed by atoms with E-state index in [9.17, 15) is 5.21 Å². The van der Waals surface area contributed by atoms with Crippen LogP contribution >= 0.6 is 0 Å². The van der Waals surface area contributed by atoms with E-state index in [1.807, 2.05) is 0 Å². The van der Waals surface area contributed by atoms with Crippen molar-refractivity contribution in [1.29, 1.82) is 0 Å². The standard InChI is InChI=1S/C3H12N4O3/c1-3(2)7(4,5)10-6(8)9/h3,8H,4-5H2,1-2H3. The summed E-state index contributed by atoms with van der Waals surface area (Å²) in [4.78, 5) is 3.03. The molecule has 0 aliphatic carbocycles. The number of nitrogens with zero attached hydrogens (tertiary/aromatic N) is 2. The topological polar surface area (TPSA) is 108 Å². The molecule has 0 spiro atoms. The highest BCUT2D eigenvalue weighted by Crippen LogP contribution is 1.99. The summed E-state index contributed by atoms with van der Waals surface area (Å²) in [6, 6.07) is -0.330. The maximum absolute atomic E-state index is 9.84. The molecule has 0 heterocycles. The van der Waals surface area contributed by atoms with Crippen molar-refractivity contribution in [3.8, 4) is 0 Å². The fourth-order valence-corrected chi connectivity index (χ4v) is 0.215. The van der Waals surface area contributed by atoms with Crippen molar-refractivity contribution >= 4 is 0 Å². The molecular formula is C3H12N4O3. The summed E-state index contributed by atoms with van der Waals surface area (Å²) in [6.07, 6.45) is 0. The second kappa shape index (κ2) is 3.21. The highest BCUT2D eigenvalue weighted by atomic mass is 17.2. The van der Waals surface area contributed by atoms with Gasteiger partial charge >= 0.3 is 0 Å². The van der Waals surface area contributed by atoms with E-state index in [1.54, 1.807) is 13.8 Å². The molecule has 62 valence electrons. The number of hydrogen-bond acceptors (Lipinski definition) is 6. The lowest BCUT2D eigenvalue weighted by Gasteiger charge is -2.30. The van der Waals surface area contributed by atoms with E-state index in [1.165, 1.54) is 0 Å². The van der Waals surface area contributed by atoms with Gasteiger partial charge in [0, 0.05) is 0 Å². The van der Waals surface area contributed by atoms with Crippen LogP contribution in [0.3, 0.4) is 0 Å². The minimum absolute atomic E-state index is 0.330. The molecule has 0 saturated carbocycles. The normalized spacial score (nSPS) is 13.2. The molecule has 0 amide bonds. The third-order valence-electron chi connectivity index (χ3n) is 1.02. The zero-order valence-electron chi connectivity index (χ0n) is 5.89. The Morgan fingerprint density at radius 2 is 2.00 bits per heavy atom. The molecular weight excluding hydrogens is 140 g/mol. The quantitative estimate of drug-likeness (QED) is 0.272. The van der Waals surface area contributed by atoms with Gasteiger partial charge in [-0.15, -0.1) is 11.7 Å². The molecule has 5 N–H and O–H groups in total. The highest BCUT2D eigenvalue weighted by molar-refractivity contribution is 4.26. The zero-order chi connectivity index (χ0) is 8.36. The third-order valence-corrected chi connectivity index (χ3v) is 1.02. The second-order valence-electron chi connectivity index (χ2n) is 2.18. The number of hydrogen-bond donors (Lipinski definition) is 3. The molecule has 7 heteroatoms. The molecule has 0 fully saturated rings. The van der Waals surface area contributed by atoms with E-state index in [-0.39, 0.29) is 6.04 Å². The van der Waals surface area contributed by atoms with Crippen molar-refractivity contribution in [3.63, 3.8) is 0 Å². The van der Waals surface area contributed by atoms with E-state index in [4.69, 9.17) is 16.9 Å². The van der Waals surface area contributed by atoms with Gasteiger partial charge in [0.25, 0.3) is 0 Å². The van der Waals surface area contributed by atoms with Crippen LogP contribution in [-0.4, -0.2) is 21.5 Å². The van der Waals surface area contributed by atoms with Gasteiger partial charge in [-0.05, 0) is 23.7 Å². The molecule has 0 atom stereocenters. The molecule has 0 aliphatic heterocycles. The number of rotatable bonds is 3. The van der Waals surface area contributed by atoms with Crippen LogP contribution in [0.1, 0.15) is 13.8 Å². The van der Waals surface area contributed by atoms with Crippen LogP contribution in [0.4, 0.5) is 0 Å². The van der Waals surface area contributed by atoms with E-state index >= 15 is 0 Å². The lowest BCUT2D eigenvalue weighted by atomic mass is 10.4. The first kappa shape index (κ1) is 9.72. The van der Waals surface area contributed by atoms with Crippen LogP contribution in [0.15, 0.2) is 0 Å². The Kier molecular flexibility index (Phi) is 3.12. The van der Waals surface area contributed by atoms with Gasteiger partial charge in [-0.25, -0.2) is 0 Å². The van der Waals surface area contributed by atoms with Gasteiger partial charge in [0.2, 0.25) is 0 Å². The predicted octanol–water partition coefficient (Wildman–Crippen LogP) is -1.01. The summed E-state index contributed by atoms with van der Waals surface area (Å²) in [7, 11) is 0. The number of nitrogens with two attached hydrogens (primary N) is 2. The Morgan fingerprint density at radius 3 is 2.10 bits per heavy atom. The van der Waals surface area contributed by atoms with Crippen molar-refractivity contribution < 1.29 is 15.0 Å². The van der Waals surface area contributed by atoms with Crippen molar-refractivity contribution in [2.75, 3.05) is 0 Å². The Bertz CT molecular complexity index is 104. The summed E-state index contributed by atoms with van der Waals surface area (Å²) in [5, 5.41) is 17.1. The van der Waals surface area contributed by atoms with Gasteiger partial charge in [0.15, 0.2) is 6.04 Å². The molecule has 7 nitrogen and oxygen atoms in total. The fraction of sp³-hybridized carbons (Fsp3) is 1.00. The summed E-state index contributed by atoms with van der Waals surface area (Å²) >= 11 is 0. The average molecular weight is 152 g/mol. The van der Waals surface area contributed by atoms with Gasteiger partial charge in [-0.2, -0.15) is 0 Å². The van der Waals surface area contributed by atoms with Gasteiger partial charge in [0.05, 0.1) is 0 Å². The maximum Gasteiger partial charge on any atom is 0.154 e. The van der Waals surface area contributed by atoms with Crippen molar-refractivity contribution in [2.24, 2.45) is 11.7 Å². The Hall–Kier alpha value is -0.280. The lowest BCUT2D eigenvalue weighted by Crippen LogP contribution is -2.65. The first-order valence-corrected chi connectivity index (χ1v) is 2.68. The van der Waals surface area contributed by atoms with E-state index in [0.717, 1.165) is 0 Å². The predicted molar refractivity (Wildman–Crippen MR) is 31.8 cm³/mol. The SMILES string of the molecule is CC(C)[N+](N)(N)ON([O-])O. The molecule has 0 saturated heterocycles. The molecule has 0 aliphatic rings. The highest BCUT2D eigenvalue weighted by Gasteiger charge is 2.26. The largest absolute Gasteiger partial charge is 0.733 e. The van der Waals surface area contributed by atoms with Gasteiger partial charge in [0.1, 0.15) is 0 Å². The van der Waals surface area contributed by atoms with Crippen LogP contribution in [-0.2, 0) is 4.94 Å². The third kappa shape index (κ3) is 3.03. The van der Waals surface area contributed by atoms with Crippen LogP contribution in [0.2, 0.25) is 0 Å². The first-order valence-electron chi connectivity index (χ1n) is 2.68. The Labute approximate surface area is 58.3 Å². The Morgan fingerprint density at radius 1 is 1.60 bits per heavy atom. The van der Waals surface area contributed by atoms with Crippen LogP contribution in [0.25, 0.3) is 0 Å². The van der Waals surface area contributed by atoms with Crippen LogP contribution < -0.4 is 11.7 Å². The van der Waals surface area contributed by atoms with Crippen molar-refractivity contribution in [1.82, 2.24) is 5.39 Å². The molecule has 0 aromatic carbocycles. The lowest BCUT2D eigenvalue weighted by molar-refractivity contribution is -1.17. The number of hydroxylamine groups is 1. The second-order valence-corrected chi connectivity index (χ2v) is 2.18. The smallest absolute Gasteiger partial charge is 0.154 e. The molecule has 0 aromatic heterocycles. The van der Waals surface area contributed by atoms with Crippen LogP contribution in [0.5, 0.6) is 0 Å². The molecule has 10 heavy (non-hydrogen) atoms. The average Bonchev–Trinajstić information content (AvgIpc) is 1.60. The van der Waals surface area contributed by atoms with Gasteiger partial charge < -0.3 is 5.21 Å². The molecule has 0 unspecified atom stereocenters. The van der Waals surface area contributed by atoms with Gasteiger partial charge in [-0.1, -0.05) is 5.39 Å². The summed E-state index contributed by atoms with van der Waals surface area (Å²) in [5.74, 6) is 10.3. The zero-order valence-corrected chi connectivity index (χ0v) is 5.89. The fourth-order valence-electron chi connectivity index (χ4n) is 0.215. The molecule has 0 bridgehead atoms. The Balaban J connectivity index is 3.87. The van der Waals surface area contributed by atoms with E-state index in [2.05, 4.69) is 4.94 Å². The van der Waals surface area contributed by atoms with Crippen LogP contribution in [0, 0.1) is 5.21 Å². The number of quaternary nitrogens is 1. The summed E-state index contributed by atoms with van der Waals surface area (Å²) < 4.78 is 0. The van der Waals surface area contributed by atoms with Gasteiger partial charge in [-0.3, -0.25) is 5.21 Å². The van der Waals surface area contributed by atoms with Crippen molar-refractivity contribution in [3.05, 3.63) is 5.21 Å². The van der Waals surface area contributed by atoms with E-state index in [0.29, 0.717) is 0 Å².